The molecule has 3 rings (SSSR count). The Labute approximate surface area is 147 Å². The van der Waals surface area contributed by atoms with Crippen LogP contribution in [0.25, 0.3) is 11.3 Å². The van der Waals surface area contributed by atoms with Gasteiger partial charge in [-0.15, -0.1) is 0 Å². The van der Waals surface area contributed by atoms with Gasteiger partial charge in [0.25, 0.3) is 0 Å². The maximum absolute atomic E-state index is 12.4. The first-order valence-corrected chi connectivity index (χ1v) is 8.59. The third-order valence-corrected chi connectivity index (χ3v) is 4.34. The molecular formula is C21H22N2O2. The van der Waals surface area contributed by atoms with E-state index in [1.807, 2.05) is 44.2 Å². The second kappa shape index (κ2) is 7.43. The molecule has 0 radical (unpaired) electrons. The highest BCUT2D eigenvalue weighted by Crippen LogP contribution is 2.21. The van der Waals surface area contributed by atoms with Crippen molar-refractivity contribution < 1.29 is 9.32 Å². The van der Waals surface area contributed by atoms with Crippen molar-refractivity contribution in [2.75, 3.05) is 0 Å². The highest BCUT2D eigenvalue weighted by Gasteiger charge is 2.13. The highest BCUT2D eigenvalue weighted by molar-refractivity contribution is 5.97. The fourth-order valence-corrected chi connectivity index (χ4v) is 2.83. The van der Waals surface area contributed by atoms with Crippen LogP contribution in [0.15, 0.2) is 47.0 Å². The Morgan fingerprint density at radius 1 is 1.08 bits per heavy atom. The van der Waals surface area contributed by atoms with E-state index in [4.69, 9.17) is 4.52 Å². The first kappa shape index (κ1) is 17.1. The number of hydrogen-bond acceptors (Lipinski definition) is 4. The van der Waals surface area contributed by atoms with Crippen LogP contribution in [0, 0.1) is 13.8 Å². The summed E-state index contributed by atoms with van der Waals surface area (Å²) in [6.07, 6.45) is 1.93. The highest BCUT2D eigenvalue weighted by atomic mass is 16.5. The number of carbonyl (C=O) groups excluding carboxylic acids is 1. The molecular weight excluding hydrogens is 312 g/mol. The summed E-state index contributed by atoms with van der Waals surface area (Å²) >= 11 is 0. The number of pyridine rings is 1. The van der Waals surface area contributed by atoms with Gasteiger partial charge in [0.1, 0.15) is 11.5 Å². The van der Waals surface area contributed by atoms with Gasteiger partial charge in [0, 0.05) is 41.4 Å². The zero-order chi connectivity index (χ0) is 17.8. The lowest BCUT2D eigenvalue weighted by atomic mass is 10.0. The van der Waals surface area contributed by atoms with Crippen molar-refractivity contribution in [1.82, 2.24) is 10.1 Å². The zero-order valence-corrected chi connectivity index (χ0v) is 14.9. The second-order valence-corrected chi connectivity index (χ2v) is 6.24. The predicted octanol–water partition coefficient (Wildman–Crippen LogP) is 4.73. The summed E-state index contributed by atoms with van der Waals surface area (Å²) < 4.78 is 5.39. The smallest absolute Gasteiger partial charge is 0.165 e. The third kappa shape index (κ3) is 4.02. The Kier molecular flexibility index (Phi) is 5.08. The molecule has 4 nitrogen and oxygen atoms in total. The lowest BCUT2D eigenvalue weighted by Gasteiger charge is -2.04. The standard InChI is InChI=1S/C21H22N2O2/c1-4-16-6-8-17(9-7-16)20-13-18(25-23-20)10-12-21(24)19-11-5-14(2)22-15(19)3/h5-9,11,13H,4,10,12H2,1-3H3. The minimum absolute atomic E-state index is 0.0789. The van der Waals surface area contributed by atoms with Crippen molar-refractivity contribution in [1.29, 1.82) is 0 Å². The number of carbonyl (C=O) groups is 1. The van der Waals surface area contributed by atoms with Crippen molar-refractivity contribution in [2.45, 2.75) is 40.0 Å². The number of benzene rings is 1. The van der Waals surface area contributed by atoms with Gasteiger partial charge in [-0.2, -0.15) is 0 Å². The van der Waals surface area contributed by atoms with Crippen molar-refractivity contribution in [3.63, 3.8) is 0 Å². The van der Waals surface area contributed by atoms with Crippen LogP contribution in [0.2, 0.25) is 0 Å². The first-order valence-electron chi connectivity index (χ1n) is 8.59. The second-order valence-electron chi connectivity index (χ2n) is 6.24. The molecule has 0 bridgehead atoms. The number of rotatable bonds is 6. The van der Waals surface area contributed by atoms with Crippen LogP contribution in [-0.2, 0) is 12.8 Å². The van der Waals surface area contributed by atoms with E-state index in [0.29, 0.717) is 18.4 Å². The molecule has 0 spiro atoms. The average Bonchev–Trinajstić information content (AvgIpc) is 3.09. The Morgan fingerprint density at radius 2 is 1.84 bits per heavy atom. The molecule has 2 heterocycles. The maximum Gasteiger partial charge on any atom is 0.165 e. The summed E-state index contributed by atoms with van der Waals surface area (Å²) in [4.78, 5) is 16.7. The summed E-state index contributed by atoms with van der Waals surface area (Å²) in [5.41, 5.74) is 5.50. The summed E-state index contributed by atoms with van der Waals surface area (Å²) in [5, 5.41) is 4.12. The lowest BCUT2D eigenvalue weighted by Crippen LogP contribution is -2.05. The number of Topliss-reactive ketones (excluding diaryl/α,β-unsaturated/α-hetero) is 1. The Bertz CT molecular complexity index is 879. The van der Waals surface area contributed by atoms with E-state index in [1.165, 1.54) is 5.56 Å². The van der Waals surface area contributed by atoms with Gasteiger partial charge in [0.2, 0.25) is 0 Å². The molecule has 4 heteroatoms. The molecule has 3 aromatic rings. The van der Waals surface area contributed by atoms with Gasteiger partial charge in [0.05, 0.1) is 0 Å². The molecule has 0 aliphatic carbocycles. The molecule has 25 heavy (non-hydrogen) atoms. The van der Waals surface area contributed by atoms with E-state index in [-0.39, 0.29) is 5.78 Å². The molecule has 0 saturated heterocycles. The van der Waals surface area contributed by atoms with E-state index >= 15 is 0 Å². The zero-order valence-electron chi connectivity index (χ0n) is 14.9. The fraction of sp³-hybridized carbons (Fsp3) is 0.286. The molecule has 0 saturated carbocycles. The van der Waals surface area contributed by atoms with Gasteiger partial charge < -0.3 is 4.52 Å². The Balaban J connectivity index is 1.66. The molecule has 0 N–H and O–H groups in total. The Hall–Kier alpha value is -2.75. The van der Waals surface area contributed by atoms with Crippen LogP contribution in [0.5, 0.6) is 0 Å². The Morgan fingerprint density at radius 3 is 2.52 bits per heavy atom. The molecule has 1 aromatic carbocycles. The average molecular weight is 334 g/mol. The van der Waals surface area contributed by atoms with E-state index in [0.717, 1.165) is 34.8 Å². The SMILES string of the molecule is CCc1ccc(-c2cc(CCC(=O)c3ccc(C)nc3C)on2)cc1. The summed E-state index contributed by atoms with van der Waals surface area (Å²) in [5.74, 6) is 0.802. The number of aryl methyl sites for hydroxylation is 4. The molecule has 0 unspecified atom stereocenters. The minimum atomic E-state index is 0.0789. The van der Waals surface area contributed by atoms with E-state index in [1.54, 1.807) is 0 Å². The van der Waals surface area contributed by atoms with Crippen LogP contribution >= 0.6 is 0 Å². The molecule has 2 aromatic heterocycles. The number of hydrogen-bond donors (Lipinski definition) is 0. The van der Waals surface area contributed by atoms with Gasteiger partial charge in [-0.25, -0.2) is 0 Å². The number of nitrogens with zero attached hydrogens (tertiary/aromatic N) is 2. The summed E-state index contributed by atoms with van der Waals surface area (Å²) in [6.45, 7) is 5.92. The molecule has 0 amide bonds. The minimum Gasteiger partial charge on any atom is -0.361 e. The van der Waals surface area contributed by atoms with E-state index < -0.39 is 0 Å². The number of aromatic nitrogens is 2. The van der Waals surface area contributed by atoms with Crippen molar-refractivity contribution in [3.8, 4) is 11.3 Å². The van der Waals surface area contributed by atoms with Crippen LogP contribution in [0.3, 0.4) is 0 Å². The van der Waals surface area contributed by atoms with Gasteiger partial charge >= 0.3 is 0 Å². The summed E-state index contributed by atoms with van der Waals surface area (Å²) in [6, 6.07) is 13.9. The van der Waals surface area contributed by atoms with Crippen molar-refractivity contribution in [3.05, 3.63) is 70.7 Å². The molecule has 0 atom stereocenters. The van der Waals surface area contributed by atoms with Gasteiger partial charge in [-0.05, 0) is 38.0 Å². The van der Waals surface area contributed by atoms with E-state index in [9.17, 15) is 4.79 Å². The normalized spacial score (nSPS) is 10.8. The van der Waals surface area contributed by atoms with Crippen molar-refractivity contribution >= 4 is 5.78 Å². The quantitative estimate of drug-likeness (QED) is 0.611. The van der Waals surface area contributed by atoms with Crippen LogP contribution in [-0.4, -0.2) is 15.9 Å². The molecule has 0 aliphatic heterocycles. The maximum atomic E-state index is 12.4. The topological polar surface area (TPSA) is 56.0 Å². The van der Waals surface area contributed by atoms with Gasteiger partial charge in [-0.3, -0.25) is 9.78 Å². The van der Waals surface area contributed by atoms with Crippen LogP contribution < -0.4 is 0 Å². The van der Waals surface area contributed by atoms with Crippen molar-refractivity contribution in [2.24, 2.45) is 0 Å². The van der Waals surface area contributed by atoms with E-state index in [2.05, 4.69) is 29.2 Å². The van der Waals surface area contributed by atoms with Crippen LogP contribution in [0.4, 0.5) is 0 Å². The van der Waals surface area contributed by atoms with Gasteiger partial charge in [0.15, 0.2) is 5.78 Å². The number of ketones is 1. The monoisotopic (exact) mass is 334 g/mol. The van der Waals surface area contributed by atoms with Crippen LogP contribution in [0.1, 0.15) is 46.4 Å². The lowest BCUT2D eigenvalue weighted by molar-refractivity contribution is 0.0979. The summed E-state index contributed by atoms with van der Waals surface area (Å²) in [7, 11) is 0. The fourth-order valence-electron chi connectivity index (χ4n) is 2.83. The largest absolute Gasteiger partial charge is 0.361 e. The first-order chi connectivity index (χ1) is 12.1. The molecule has 0 aliphatic rings. The third-order valence-electron chi connectivity index (χ3n) is 4.34. The van der Waals surface area contributed by atoms with Gasteiger partial charge in [-0.1, -0.05) is 36.3 Å². The molecule has 128 valence electrons. The molecule has 0 fully saturated rings. The predicted molar refractivity (Wildman–Crippen MR) is 97.7 cm³/mol.